The van der Waals surface area contributed by atoms with E-state index in [1.807, 2.05) is 24.3 Å². The topological polar surface area (TPSA) is 70.8 Å². The largest absolute Gasteiger partial charge is 0.497 e. The number of esters is 1. The molecule has 1 aliphatic carbocycles. The number of carbonyl (C=O) groups excluding carboxylic acids is 1. The highest BCUT2D eigenvalue weighted by atomic mass is 79.9. The van der Waals surface area contributed by atoms with Crippen molar-refractivity contribution in [3.8, 4) is 22.8 Å². The SMILES string of the molecule is COC(=O)C[C@H](c1cccc(OCc2noc(-c3cc(OC)ccc3F)c2Br)c1)C1CC1. The van der Waals surface area contributed by atoms with E-state index in [0.717, 1.165) is 18.4 Å². The number of halogens is 2. The summed E-state index contributed by atoms with van der Waals surface area (Å²) >= 11 is 3.45. The molecule has 0 radical (unpaired) electrons. The Bertz CT molecular complexity index is 1110. The van der Waals surface area contributed by atoms with E-state index in [2.05, 4.69) is 21.1 Å². The third-order valence-electron chi connectivity index (χ3n) is 5.59. The van der Waals surface area contributed by atoms with Crippen molar-refractivity contribution in [2.75, 3.05) is 14.2 Å². The molecule has 32 heavy (non-hydrogen) atoms. The second-order valence-electron chi connectivity index (χ2n) is 7.70. The first kappa shape index (κ1) is 22.3. The van der Waals surface area contributed by atoms with Crippen molar-refractivity contribution < 1.29 is 27.9 Å². The fraction of sp³-hybridized carbons (Fsp3) is 0.333. The van der Waals surface area contributed by atoms with Gasteiger partial charge in [0.15, 0.2) is 5.76 Å². The zero-order valence-electron chi connectivity index (χ0n) is 17.8. The zero-order valence-corrected chi connectivity index (χ0v) is 19.4. The van der Waals surface area contributed by atoms with Crippen LogP contribution in [0.25, 0.3) is 11.3 Å². The number of nitrogens with zero attached hydrogens (tertiary/aromatic N) is 1. The Morgan fingerprint density at radius 3 is 2.75 bits per heavy atom. The fourth-order valence-electron chi connectivity index (χ4n) is 3.68. The lowest BCUT2D eigenvalue weighted by molar-refractivity contribution is -0.141. The van der Waals surface area contributed by atoms with Gasteiger partial charge in [0.2, 0.25) is 0 Å². The summed E-state index contributed by atoms with van der Waals surface area (Å²) in [6, 6.07) is 12.1. The van der Waals surface area contributed by atoms with Gasteiger partial charge in [-0.2, -0.15) is 0 Å². The molecule has 1 saturated carbocycles. The van der Waals surface area contributed by atoms with Gasteiger partial charge in [0, 0.05) is 0 Å². The number of methoxy groups -OCH3 is 2. The van der Waals surface area contributed by atoms with Crippen LogP contribution in [0.4, 0.5) is 4.39 Å². The lowest BCUT2D eigenvalue weighted by Gasteiger charge is -2.16. The molecule has 1 fully saturated rings. The van der Waals surface area contributed by atoms with Crippen molar-refractivity contribution in [2.24, 2.45) is 5.92 Å². The molecular formula is C24H23BrFNO5. The van der Waals surface area contributed by atoms with Gasteiger partial charge in [-0.1, -0.05) is 17.3 Å². The molecule has 6 nitrogen and oxygen atoms in total. The van der Waals surface area contributed by atoms with Crippen LogP contribution in [0.2, 0.25) is 0 Å². The normalized spacial score (nSPS) is 14.1. The van der Waals surface area contributed by atoms with Gasteiger partial charge in [-0.25, -0.2) is 4.39 Å². The smallest absolute Gasteiger partial charge is 0.306 e. The summed E-state index contributed by atoms with van der Waals surface area (Å²) in [5.41, 5.74) is 1.79. The molecule has 2 aromatic carbocycles. The first-order valence-electron chi connectivity index (χ1n) is 10.3. The number of benzene rings is 2. The summed E-state index contributed by atoms with van der Waals surface area (Å²) < 4.78 is 36.2. The minimum absolute atomic E-state index is 0.118. The van der Waals surface area contributed by atoms with Gasteiger partial charge in [-0.15, -0.1) is 0 Å². The Morgan fingerprint density at radius 2 is 2.03 bits per heavy atom. The number of aromatic nitrogens is 1. The Morgan fingerprint density at radius 1 is 1.22 bits per heavy atom. The van der Waals surface area contributed by atoms with Gasteiger partial charge >= 0.3 is 5.97 Å². The first-order valence-corrected chi connectivity index (χ1v) is 11.1. The molecule has 8 heteroatoms. The molecule has 4 rings (SSSR count). The summed E-state index contributed by atoms with van der Waals surface area (Å²) in [5, 5.41) is 4.03. The highest BCUT2D eigenvalue weighted by Gasteiger charge is 2.34. The molecule has 1 aliphatic rings. The lowest BCUT2D eigenvalue weighted by atomic mass is 9.91. The maximum Gasteiger partial charge on any atom is 0.306 e. The van der Waals surface area contributed by atoms with Crippen LogP contribution in [0, 0.1) is 11.7 Å². The molecule has 0 aliphatic heterocycles. The van der Waals surface area contributed by atoms with E-state index in [0.29, 0.717) is 34.0 Å². The number of hydrogen-bond donors (Lipinski definition) is 0. The number of rotatable bonds is 9. The zero-order chi connectivity index (χ0) is 22.7. The van der Waals surface area contributed by atoms with Gasteiger partial charge in [0.1, 0.15) is 29.6 Å². The van der Waals surface area contributed by atoms with E-state index in [1.54, 1.807) is 6.07 Å². The van der Waals surface area contributed by atoms with Crippen LogP contribution >= 0.6 is 15.9 Å². The van der Waals surface area contributed by atoms with Crippen molar-refractivity contribution in [3.05, 3.63) is 64.0 Å². The number of hydrogen-bond acceptors (Lipinski definition) is 6. The molecule has 1 atom stereocenters. The second kappa shape index (κ2) is 9.73. The Balaban J connectivity index is 1.49. The molecule has 0 unspecified atom stereocenters. The van der Waals surface area contributed by atoms with Gasteiger partial charge in [0.25, 0.3) is 0 Å². The molecular weight excluding hydrogens is 481 g/mol. The van der Waals surface area contributed by atoms with Gasteiger partial charge in [-0.05, 0) is 76.5 Å². The molecule has 3 aromatic rings. The van der Waals surface area contributed by atoms with Crippen molar-refractivity contribution in [2.45, 2.75) is 31.8 Å². The Labute approximate surface area is 193 Å². The van der Waals surface area contributed by atoms with Crippen LogP contribution in [-0.4, -0.2) is 25.3 Å². The molecule has 0 saturated heterocycles. The van der Waals surface area contributed by atoms with E-state index < -0.39 is 5.82 Å². The third-order valence-corrected chi connectivity index (χ3v) is 6.40. The van der Waals surface area contributed by atoms with E-state index in [4.69, 9.17) is 18.7 Å². The maximum absolute atomic E-state index is 14.3. The molecule has 1 heterocycles. The van der Waals surface area contributed by atoms with Crippen LogP contribution in [-0.2, 0) is 16.1 Å². The van der Waals surface area contributed by atoms with E-state index in [1.165, 1.54) is 26.4 Å². The van der Waals surface area contributed by atoms with Crippen LogP contribution in [0.3, 0.4) is 0 Å². The van der Waals surface area contributed by atoms with E-state index >= 15 is 0 Å². The average molecular weight is 504 g/mol. The predicted octanol–water partition coefficient (Wildman–Crippen LogP) is 5.89. The summed E-state index contributed by atoms with van der Waals surface area (Å²) in [4.78, 5) is 11.8. The second-order valence-corrected chi connectivity index (χ2v) is 8.50. The van der Waals surface area contributed by atoms with Crippen molar-refractivity contribution in [3.63, 3.8) is 0 Å². The molecule has 0 spiro atoms. The standard InChI is InChI=1S/C24H23BrFNO5/c1-29-16-8-9-20(26)19(11-16)24-23(25)21(27-32-24)13-31-17-5-3-4-15(10-17)18(14-6-7-14)12-22(28)30-2/h3-5,8-11,14,18H,6-7,12-13H2,1-2H3/t18-/m0/s1. The first-order chi connectivity index (χ1) is 15.5. The van der Waals surface area contributed by atoms with Crippen LogP contribution in [0.5, 0.6) is 11.5 Å². The average Bonchev–Trinajstić information content (AvgIpc) is 3.59. The molecule has 0 amide bonds. The van der Waals surface area contributed by atoms with Crippen LogP contribution in [0.1, 0.15) is 36.4 Å². The number of carbonyl (C=O) groups is 1. The summed E-state index contributed by atoms with van der Waals surface area (Å²) in [6.45, 7) is 0.129. The highest BCUT2D eigenvalue weighted by Crippen LogP contribution is 2.45. The molecule has 1 aromatic heterocycles. The quantitative estimate of drug-likeness (QED) is 0.339. The predicted molar refractivity (Wildman–Crippen MR) is 119 cm³/mol. The van der Waals surface area contributed by atoms with E-state index in [9.17, 15) is 9.18 Å². The summed E-state index contributed by atoms with van der Waals surface area (Å²) in [6.07, 6.45) is 2.58. The number of ether oxygens (including phenoxy) is 3. The van der Waals surface area contributed by atoms with Crippen molar-refractivity contribution in [1.82, 2.24) is 5.16 Å². The lowest BCUT2D eigenvalue weighted by Crippen LogP contribution is -2.10. The Kier molecular flexibility index (Phi) is 6.79. The van der Waals surface area contributed by atoms with Crippen molar-refractivity contribution >= 4 is 21.9 Å². The van der Waals surface area contributed by atoms with Gasteiger partial charge < -0.3 is 18.7 Å². The summed E-state index contributed by atoms with van der Waals surface area (Å²) in [7, 11) is 2.92. The Hall–Kier alpha value is -2.87. The minimum Gasteiger partial charge on any atom is -0.497 e. The van der Waals surface area contributed by atoms with Crippen LogP contribution in [0.15, 0.2) is 51.5 Å². The van der Waals surface area contributed by atoms with Gasteiger partial charge in [-0.3, -0.25) is 4.79 Å². The molecule has 0 bridgehead atoms. The minimum atomic E-state index is -0.445. The fourth-order valence-corrected chi connectivity index (χ4v) is 4.15. The highest BCUT2D eigenvalue weighted by molar-refractivity contribution is 9.10. The van der Waals surface area contributed by atoms with E-state index in [-0.39, 0.29) is 29.8 Å². The molecule has 168 valence electrons. The summed E-state index contributed by atoms with van der Waals surface area (Å²) in [5.74, 6) is 1.39. The third kappa shape index (κ3) is 4.96. The van der Waals surface area contributed by atoms with Crippen molar-refractivity contribution in [1.29, 1.82) is 0 Å². The maximum atomic E-state index is 14.3. The monoisotopic (exact) mass is 503 g/mol. The molecule has 0 N–H and O–H groups in total. The van der Waals surface area contributed by atoms with Gasteiger partial charge in [0.05, 0.1) is 30.7 Å². The van der Waals surface area contributed by atoms with Crippen LogP contribution < -0.4 is 9.47 Å².